The molecule has 0 N–H and O–H groups in total. The number of methoxy groups -OCH3 is 2. The number of anilines is 1. The van der Waals surface area contributed by atoms with Gasteiger partial charge in [0.1, 0.15) is 0 Å². The third-order valence-corrected chi connectivity index (χ3v) is 6.60. The van der Waals surface area contributed by atoms with Gasteiger partial charge in [0.2, 0.25) is 0 Å². The van der Waals surface area contributed by atoms with Crippen LogP contribution < -0.4 is 19.9 Å². The molecule has 1 atom stereocenters. The first-order valence-electron chi connectivity index (χ1n) is 10.5. The van der Waals surface area contributed by atoms with Crippen molar-refractivity contribution in [3.63, 3.8) is 0 Å². The summed E-state index contributed by atoms with van der Waals surface area (Å²) in [6.45, 7) is 0. The van der Waals surface area contributed by atoms with Gasteiger partial charge < -0.3 is 9.47 Å². The number of aromatic nitrogens is 3. The van der Waals surface area contributed by atoms with Crippen molar-refractivity contribution in [2.24, 2.45) is 0 Å². The summed E-state index contributed by atoms with van der Waals surface area (Å²) in [5.74, 6) is 0.961. The minimum absolute atomic E-state index is 0.212. The smallest absolute Gasteiger partial charge is 0.300 e. The van der Waals surface area contributed by atoms with E-state index in [1.807, 2.05) is 54.6 Å². The van der Waals surface area contributed by atoms with Crippen LogP contribution in [0.1, 0.15) is 22.1 Å². The van der Waals surface area contributed by atoms with Gasteiger partial charge in [-0.15, -0.1) is 0 Å². The summed E-state index contributed by atoms with van der Waals surface area (Å²) in [5.41, 5.74) is 2.78. The number of hydrogen-bond acceptors (Lipinski definition) is 6. The van der Waals surface area contributed by atoms with Crippen LogP contribution >= 0.6 is 15.9 Å². The van der Waals surface area contributed by atoms with Gasteiger partial charge in [0.05, 0.1) is 25.5 Å². The minimum Gasteiger partial charge on any atom is -0.493 e. The van der Waals surface area contributed by atoms with Gasteiger partial charge in [0.15, 0.2) is 29.2 Å². The van der Waals surface area contributed by atoms with Crippen LogP contribution in [0.15, 0.2) is 69.9 Å². The molecule has 0 aliphatic carbocycles. The zero-order valence-electron chi connectivity index (χ0n) is 18.2. The molecule has 3 aromatic carbocycles. The summed E-state index contributed by atoms with van der Waals surface area (Å²) in [4.78, 5) is 33.0. The van der Waals surface area contributed by atoms with E-state index in [1.54, 1.807) is 15.6 Å². The molecule has 0 fully saturated rings. The van der Waals surface area contributed by atoms with Crippen LogP contribution in [-0.4, -0.2) is 34.9 Å². The lowest BCUT2D eigenvalue weighted by Crippen LogP contribution is -2.39. The lowest BCUT2D eigenvalue weighted by Gasteiger charge is -2.34. The molecular formula is C25H17BrN4O4. The minimum atomic E-state index is -0.637. The maximum absolute atomic E-state index is 13.8. The highest BCUT2D eigenvalue weighted by molar-refractivity contribution is 9.10. The van der Waals surface area contributed by atoms with Crippen LogP contribution in [-0.2, 0) is 0 Å². The average molecular weight is 517 g/mol. The van der Waals surface area contributed by atoms with E-state index in [1.165, 1.54) is 14.2 Å². The van der Waals surface area contributed by atoms with Crippen molar-refractivity contribution in [2.45, 2.75) is 6.17 Å². The summed E-state index contributed by atoms with van der Waals surface area (Å²) >= 11 is 3.49. The fraction of sp³-hybridized carbons (Fsp3) is 0.120. The molecule has 3 heterocycles. The molecule has 1 amide bonds. The second-order valence-electron chi connectivity index (χ2n) is 7.88. The normalized spacial score (nSPS) is 15.3. The number of ether oxygens (including phenoxy) is 2. The number of benzene rings is 3. The fourth-order valence-electron chi connectivity index (χ4n) is 4.66. The second kappa shape index (κ2) is 7.53. The zero-order chi connectivity index (χ0) is 23.6. The summed E-state index contributed by atoms with van der Waals surface area (Å²) in [6.07, 6.45) is -0.637. The Hall–Kier alpha value is -3.98. The molecule has 6 rings (SSSR count). The molecule has 1 unspecified atom stereocenters. The van der Waals surface area contributed by atoms with Gasteiger partial charge in [-0.3, -0.25) is 14.5 Å². The highest BCUT2D eigenvalue weighted by atomic mass is 79.9. The Morgan fingerprint density at radius 1 is 0.971 bits per heavy atom. The topological polar surface area (TPSA) is 86.6 Å². The Morgan fingerprint density at radius 2 is 1.76 bits per heavy atom. The molecule has 0 radical (unpaired) electrons. The lowest BCUT2D eigenvalue weighted by atomic mass is 10.0. The van der Waals surface area contributed by atoms with Gasteiger partial charge in [0, 0.05) is 21.2 Å². The number of carbonyl (C=O) groups excluding carboxylic acids is 1. The molecule has 0 bridgehead atoms. The van der Waals surface area contributed by atoms with Crippen molar-refractivity contribution in [1.82, 2.24) is 14.8 Å². The largest absolute Gasteiger partial charge is 0.493 e. The van der Waals surface area contributed by atoms with E-state index in [2.05, 4.69) is 20.9 Å². The van der Waals surface area contributed by atoms with E-state index < -0.39 is 11.7 Å². The van der Waals surface area contributed by atoms with Crippen LogP contribution in [0.2, 0.25) is 0 Å². The SMILES string of the molecule is COc1ccc2c(c1OC)C(=O)N1c3ccc(Br)cc3-c3nc(=O)c(-c4ccccc4)nn3C21. The van der Waals surface area contributed by atoms with E-state index in [4.69, 9.17) is 14.6 Å². The van der Waals surface area contributed by atoms with Crippen molar-refractivity contribution in [1.29, 1.82) is 0 Å². The molecule has 168 valence electrons. The highest BCUT2D eigenvalue weighted by Crippen LogP contribution is 2.50. The molecule has 9 heteroatoms. The van der Waals surface area contributed by atoms with E-state index in [9.17, 15) is 9.59 Å². The molecule has 4 aromatic rings. The molecular weight excluding hydrogens is 500 g/mol. The Kier molecular flexibility index (Phi) is 4.56. The first-order chi connectivity index (χ1) is 16.5. The number of halogens is 1. The van der Waals surface area contributed by atoms with E-state index >= 15 is 0 Å². The highest BCUT2D eigenvalue weighted by Gasteiger charge is 2.47. The van der Waals surface area contributed by atoms with Crippen molar-refractivity contribution >= 4 is 27.5 Å². The van der Waals surface area contributed by atoms with Crippen molar-refractivity contribution in [3.05, 3.63) is 86.6 Å². The van der Waals surface area contributed by atoms with Gasteiger partial charge in [-0.2, -0.15) is 10.1 Å². The summed E-state index contributed by atoms with van der Waals surface area (Å²) in [5, 5.41) is 4.75. The van der Waals surface area contributed by atoms with Crippen LogP contribution in [0.3, 0.4) is 0 Å². The number of hydrogen-bond donors (Lipinski definition) is 0. The maximum Gasteiger partial charge on any atom is 0.300 e. The van der Waals surface area contributed by atoms with Crippen LogP contribution in [0, 0.1) is 0 Å². The van der Waals surface area contributed by atoms with Gasteiger partial charge in [0.25, 0.3) is 11.5 Å². The standard InChI is InChI=1S/C25H17BrN4O4/c1-33-18-11-9-15-19(21(18)34-2)25(32)29-17-10-8-14(26)12-16(17)22-27-23(31)20(28-30(22)24(15)29)13-6-4-3-5-7-13/h3-12,24H,1-2H3. The summed E-state index contributed by atoms with van der Waals surface area (Å²) < 4.78 is 13.5. The molecule has 2 aliphatic heterocycles. The Labute approximate surface area is 202 Å². The van der Waals surface area contributed by atoms with Crippen LogP contribution in [0.25, 0.3) is 22.6 Å². The maximum atomic E-state index is 13.8. The number of nitrogens with zero attached hydrogens (tertiary/aromatic N) is 4. The van der Waals surface area contributed by atoms with Crippen LogP contribution in [0.5, 0.6) is 11.5 Å². The molecule has 34 heavy (non-hydrogen) atoms. The van der Waals surface area contributed by atoms with Crippen molar-refractivity contribution in [3.8, 4) is 34.1 Å². The van der Waals surface area contributed by atoms with Gasteiger partial charge in [-0.1, -0.05) is 52.3 Å². The Balaban J connectivity index is 1.69. The zero-order valence-corrected chi connectivity index (χ0v) is 19.7. The Morgan fingerprint density at radius 3 is 2.50 bits per heavy atom. The third kappa shape index (κ3) is 2.76. The van der Waals surface area contributed by atoms with E-state index in [0.29, 0.717) is 45.3 Å². The first-order valence-corrected chi connectivity index (χ1v) is 11.3. The third-order valence-electron chi connectivity index (χ3n) is 6.11. The van der Waals surface area contributed by atoms with Crippen LogP contribution in [0.4, 0.5) is 5.69 Å². The van der Waals surface area contributed by atoms with E-state index in [-0.39, 0.29) is 11.6 Å². The summed E-state index contributed by atoms with van der Waals surface area (Å²) in [6, 6.07) is 18.3. The molecule has 0 saturated heterocycles. The second-order valence-corrected chi connectivity index (χ2v) is 8.79. The van der Waals surface area contributed by atoms with Crippen molar-refractivity contribution in [2.75, 3.05) is 19.1 Å². The molecule has 8 nitrogen and oxygen atoms in total. The number of fused-ring (bicyclic) bond motifs is 8. The van der Waals surface area contributed by atoms with Crippen molar-refractivity contribution < 1.29 is 14.3 Å². The van der Waals surface area contributed by atoms with Gasteiger partial charge >= 0.3 is 0 Å². The van der Waals surface area contributed by atoms with Gasteiger partial charge in [-0.25, -0.2) is 4.68 Å². The predicted molar refractivity (Wildman–Crippen MR) is 129 cm³/mol. The lowest BCUT2D eigenvalue weighted by molar-refractivity contribution is 0.0983. The first kappa shape index (κ1) is 20.6. The predicted octanol–water partition coefficient (Wildman–Crippen LogP) is 4.27. The number of carbonyl (C=O) groups is 1. The molecule has 0 spiro atoms. The number of rotatable bonds is 3. The quantitative estimate of drug-likeness (QED) is 0.404. The monoisotopic (exact) mass is 516 g/mol. The summed E-state index contributed by atoms with van der Waals surface area (Å²) in [7, 11) is 3.03. The fourth-order valence-corrected chi connectivity index (χ4v) is 5.02. The molecule has 0 saturated carbocycles. The van der Waals surface area contributed by atoms with Gasteiger partial charge in [-0.05, 0) is 24.3 Å². The number of amides is 1. The molecule has 2 aliphatic rings. The molecule has 1 aromatic heterocycles. The van der Waals surface area contributed by atoms with E-state index in [0.717, 1.165) is 4.47 Å². The Bertz CT molecular complexity index is 1550. The average Bonchev–Trinajstić information content (AvgIpc) is 3.16.